The molecule has 0 saturated carbocycles. The fourth-order valence-electron chi connectivity index (χ4n) is 2.40. The van der Waals surface area contributed by atoms with Gasteiger partial charge in [-0.15, -0.1) is 0 Å². The molecule has 0 amide bonds. The number of nitrogens with one attached hydrogen (secondary N) is 1. The highest BCUT2D eigenvalue weighted by Crippen LogP contribution is 2.29. The van der Waals surface area contributed by atoms with Crippen molar-refractivity contribution >= 4 is 23.2 Å². The van der Waals surface area contributed by atoms with E-state index >= 15 is 0 Å². The van der Waals surface area contributed by atoms with Crippen molar-refractivity contribution in [3.63, 3.8) is 0 Å². The van der Waals surface area contributed by atoms with Gasteiger partial charge in [-0.3, -0.25) is 4.99 Å². The highest BCUT2D eigenvalue weighted by Gasteiger charge is 2.35. The third kappa shape index (κ3) is 1.94. The molecule has 0 saturated heterocycles. The van der Waals surface area contributed by atoms with Gasteiger partial charge in [-0.2, -0.15) is 5.26 Å². The zero-order valence-corrected chi connectivity index (χ0v) is 11.6. The third-order valence-electron chi connectivity index (χ3n) is 3.62. The smallest absolute Gasteiger partial charge is 0.203 e. The summed E-state index contributed by atoms with van der Waals surface area (Å²) >= 11 is 6.15. The van der Waals surface area contributed by atoms with E-state index in [-0.39, 0.29) is 6.04 Å². The number of fused-ring (bicyclic) bond motifs is 1. The number of hydrogen-bond donors (Lipinski definition) is 2. The zero-order valence-electron chi connectivity index (χ0n) is 10.8. The molecule has 5 nitrogen and oxygen atoms in total. The minimum Gasteiger partial charge on any atom is -0.387 e. The van der Waals surface area contributed by atoms with Crippen molar-refractivity contribution in [2.45, 2.75) is 19.1 Å². The zero-order chi connectivity index (χ0) is 14.3. The number of aliphatic hydroxyl groups is 1. The minimum absolute atomic E-state index is 0.0216. The van der Waals surface area contributed by atoms with Crippen molar-refractivity contribution in [2.24, 2.45) is 4.99 Å². The van der Waals surface area contributed by atoms with Crippen LogP contribution in [0.5, 0.6) is 0 Å². The van der Waals surface area contributed by atoms with Gasteiger partial charge in [0.2, 0.25) is 5.96 Å². The summed E-state index contributed by atoms with van der Waals surface area (Å²) in [4.78, 5) is 6.30. The maximum atomic E-state index is 9.76. The summed E-state index contributed by atoms with van der Waals surface area (Å²) < 4.78 is 0. The van der Waals surface area contributed by atoms with Gasteiger partial charge in [0.1, 0.15) is 6.07 Å². The number of guanidine groups is 1. The first-order valence-electron chi connectivity index (χ1n) is 6.27. The standard InChI is InChI=1S/C14H13ClN4O/c1-8-10(3-2-9(6-16)13(8)15)18-14-17-7-11-12(20)4-5-19(11)14/h2-5,11-12,20H,7H2,1H3,(H,17,18)/t11-,12-/m1/s1. The first-order chi connectivity index (χ1) is 9.61. The van der Waals surface area contributed by atoms with Gasteiger partial charge >= 0.3 is 0 Å². The molecule has 102 valence electrons. The lowest BCUT2D eigenvalue weighted by Crippen LogP contribution is -2.38. The van der Waals surface area contributed by atoms with Crippen molar-refractivity contribution in [1.82, 2.24) is 4.90 Å². The van der Waals surface area contributed by atoms with E-state index in [2.05, 4.69) is 16.4 Å². The van der Waals surface area contributed by atoms with Crippen molar-refractivity contribution in [3.05, 3.63) is 40.6 Å². The fraction of sp³-hybridized carbons (Fsp3) is 0.286. The van der Waals surface area contributed by atoms with Crippen LogP contribution in [0.1, 0.15) is 11.1 Å². The van der Waals surface area contributed by atoms with Crippen molar-refractivity contribution in [2.75, 3.05) is 11.9 Å². The van der Waals surface area contributed by atoms with Gasteiger partial charge in [-0.25, -0.2) is 0 Å². The van der Waals surface area contributed by atoms with E-state index in [0.29, 0.717) is 23.1 Å². The molecule has 1 aromatic rings. The second kappa shape index (κ2) is 4.82. The maximum absolute atomic E-state index is 9.76. The molecular weight excluding hydrogens is 276 g/mol. The number of hydrogen-bond acceptors (Lipinski definition) is 5. The summed E-state index contributed by atoms with van der Waals surface area (Å²) in [6.07, 6.45) is 3.10. The molecule has 2 aliphatic heterocycles. The summed E-state index contributed by atoms with van der Waals surface area (Å²) in [6.45, 7) is 2.41. The Hall–Kier alpha value is -2.03. The van der Waals surface area contributed by atoms with Crippen molar-refractivity contribution in [1.29, 1.82) is 5.26 Å². The van der Waals surface area contributed by atoms with E-state index in [1.807, 2.05) is 24.1 Å². The molecule has 0 radical (unpaired) electrons. The topological polar surface area (TPSA) is 71.7 Å². The van der Waals surface area contributed by atoms with Crippen LogP contribution in [-0.4, -0.2) is 34.7 Å². The van der Waals surface area contributed by atoms with Crippen molar-refractivity contribution in [3.8, 4) is 6.07 Å². The largest absolute Gasteiger partial charge is 0.387 e. The summed E-state index contributed by atoms with van der Waals surface area (Å²) in [7, 11) is 0. The molecule has 2 aliphatic rings. The van der Waals surface area contributed by atoms with Gasteiger partial charge < -0.3 is 15.3 Å². The number of halogens is 1. The number of aliphatic imine (C=N–C) groups is 1. The molecular formula is C14H13ClN4O. The van der Waals surface area contributed by atoms with Crippen LogP contribution in [-0.2, 0) is 0 Å². The van der Waals surface area contributed by atoms with Gasteiger partial charge in [0, 0.05) is 11.9 Å². The molecule has 2 N–H and O–H groups in total. The minimum atomic E-state index is -0.483. The number of rotatable bonds is 1. The summed E-state index contributed by atoms with van der Waals surface area (Å²) in [6, 6.07) is 5.52. The van der Waals surface area contributed by atoms with Crippen LogP contribution in [0.4, 0.5) is 5.69 Å². The predicted molar refractivity (Wildman–Crippen MR) is 77.6 cm³/mol. The number of aliphatic hydroxyl groups excluding tert-OH is 1. The second-order valence-electron chi connectivity index (χ2n) is 4.81. The van der Waals surface area contributed by atoms with Crippen LogP contribution >= 0.6 is 11.6 Å². The predicted octanol–water partition coefficient (Wildman–Crippen LogP) is 1.86. The average Bonchev–Trinajstić information content (AvgIpc) is 3.00. The Morgan fingerprint density at radius 1 is 1.55 bits per heavy atom. The molecule has 0 aliphatic carbocycles. The van der Waals surface area contributed by atoms with Crippen LogP contribution in [0, 0.1) is 18.3 Å². The Labute approximate surface area is 121 Å². The van der Waals surface area contributed by atoms with Crippen LogP contribution in [0.15, 0.2) is 29.4 Å². The normalized spacial score (nSPS) is 23.5. The SMILES string of the molecule is Cc1c(NC2=NC[C@@H]3[C@H](O)C=CN23)ccc(C#N)c1Cl. The second-order valence-corrected chi connectivity index (χ2v) is 5.19. The Kier molecular flexibility index (Phi) is 3.13. The fourth-order valence-corrected chi connectivity index (χ4v) is 2.61. The lowest BCUT2D eigenvalue weighted by molar-refractivity contribution is 0.172. The molecule has 0 fully saturated rings. The molecule has 3 rings (SSSR count). The Balaban J connectivity index is 1.85. The monoisotopic (exact) mass is 288 g/mol. The quantitative estimate of drug-likeness (QED) is 0.827. The van der Waals surface area contributed by atoms with Crippen molar-refractivity contribution < 1.29 is 5.11 Å². The molecule has 1 aromatic carbocycles. The Morgan fingerprint density at radius 3 is 3.10 bits per heavy atom. The van der Waals surface area contributed by atoms with E-state index in [1.54, 1.807) is 12.1 Å². The lowest BCUT2D eigenvalue weighted by Gasteiger charge is -2.21. The number of nitriles is 1. The molecule has 2 heterocycles. The van der Waals surface area contributed by atoms with Gasteiger partial charge in [-0.05, 0) is 30.7 Å². The molecule has 2 atom stereocenters. The van der Waals surface area contributed by atoms with Gasteiger partial charge in [0.25, 0.3) is 0 Å². The number of nitrogens with zero attached hydrogens (tertiary/aromatic N) is 3. The van der Waals surface area contributed by atoms with E-state index in [4.69, 9.17) is 16.9 Å². The Bertz CT molecular complexity index is 662. The first kappa shape index (κ1) is 13.0. The molecule has 0 unspecified atom stereocenters. The maximum Gasteiger partial charge on any atom is 0.203 e. The summed E-state index contributed by atoms with van der Waals surface area (Å²) in [5.41, 5.74) is 2.07. The van der Waals surface area contributed by atoms with Gasteiger partial charge in [0.05, 0.1) is 29.3 Å². The van der Waals surface area contributed by atoms with Gasteiger partial charge in [0.15, 0.2) is 0 Å². The third-order valence-corrected chi connectivity index (χ3v) is 4.11. The number of benzene rings is 1. The Morgan fingerprint density at radius 2 is 2.35 bits per heavy atom. The molecule has 20 heavy (non-hydrogen) atoms. The molecule has 0 spiro atoms. The summed E-state index contributed by atoms with van der Waals surface area (Å²) in [5, 5.41) is 22.4. The van der Waals surface area contributed by atoms with Crippen LogP contribution in [0.25, 0.3) is 0 Å². The van der Waals surface area contributed by atoms with E-state index in [1.165, 1.54) is 0 Å². The first-order valence-corrected chi connectivity index (χ1v) is 6.65. The van der Waals surface area contributed by atoms with Gasteiger partial charge in [-0.1, -0.05) is 11.6 Å². The number of anilines is 1. The highest BCUT2D eigenvalue weighted by atomic mass is 35.5. The molecule has 6 heteroatoms. The van der Waals surface area contributed by atoms with E-state index in [0.717, 1.165) is 11.3 Å². The average molecular weight is 289 g/mol. The van der Waals surface area contributed by atoms with Crippen LogP contribution in [0.2, 0.25) is 5.02 Å². The van der Waals surface area contributed by atoms with Crippen LogP contribution in [0.3, 0.4) is 0 Å². The van der Waals surface area contributed by atoms with E-state index in [9.17, 15) is 5.11 Å². The molecule has 0 bridgehead atoms. The van der Waals surface area contributed by atoms with E-state index < -0.39 is 6.10 Å². The molecule has 0 aromatic heterocycles. The highest BCUT2D eigenvalue weighted by molar-refractivity contribution is 6.33. The summed E-state index contributed by atoms with van der Waals surface area (Å²) in [5.74, 6) is 0.687. The lowest BCUT2D eigenvalue weighted by atomic mass is 10.1. The van der Waals surface area contributed by atoms with Crippen LogP contribution < -0.4 is 5.32 Å².